The Balaban J connectivity index is 3.36. The van der Waals surface area contributed by atoms with Gasteiger partial charge >= 0.3 is 11.9 Å². The summed E-state index contributed by atoms with van der Waals surface area (Å²) < 4.78 is 4.42. The van der Waals surface area contributed by atoms with Crippen LogP contribution in [0.4, 0.5) is 0 Å². The third kappa shape index (κ3) is 1.33. The molecule has 0 atom stereocenters. The van der Waals surface area contributed by atoms with Gasteiger partial charge in [0.15, 0.2) is 5.75 Å². The smallest absolute Gasteiger partial charge is 0.375 e. The third-order valence-electron chi connectivity index (χ3n) is 1.50. The molecule has 6 nitrogen and oxygen atoms in total. The van der Waals surface area contributed by atoms with Crippen molar-refractivity contribution >= 4 is 11.9 Å². The first-order valence-corrected chi connectivity index (χ1v) is 3.24. The van der Waals surface area contributed by atoms with Gasteiger partial charge in [-0.2, -0.15) is 0 Å². The molecule has 0 fully saturated rings. The zero-order chi connectivity index (χ0) is 10.2. The summed E-state index contributed by atoms with van der Waals surface area (Å²) in [6, 6.07) is 0. The number of aromatic hydroxyl groups is 1. The maximum atomic E-state index is 10.4. The van der Waals surface area contributed by atoms with Crippen molar-refractivity contribution in [2.45, 2.75) is 6.92 Å². The fourth-order valence-electron chi connectivity index (χ4n) is 0.854. The van der Waals surface area contributed by atoms with E-state index >= 15 is 0 Å². The number of carboxylic acids is 2. The monoisotopic (exact) mass is 186 g/mol. The van der Waals surface area contributed by atoms with E-state index in [1.54, 1.807) is 0 Å². The Hall–Kier alpha value is -1.98. The summed E-state index contributed by atoms with van der Waals surface area (Å²) in [6.07, 6.45) is 0. The second-order valence-corrected chi connectivity index (χ2v) is 2.34. The SMILES string of the molecule is Cc1c(C(=O)O)oc(C(=O)O)c1O. The van der Waals surface area contributed by atoms with Crippen LogP contribution in [0.15, 0.2) is 4.42 Å². The Kier molecular flexibility index (Phi) is 1.97. The number of aromatic carboxylic acids is 2. The summed E-state index contributed by atoms with van der Waals surface area (Å²) in [5.74, 6) is -4.89. The molecule has 0 saturated carbocycles. The molecule has 1 heterocycles. The summed E-state index contributed by atoms with van der Waals surface area (Å²) in [7, 11) is 0. The maximum Gasteiger partial charge on any atom is 0.375 e. The summed E-state index contributed by atoms with van der Waals surface area (Å²) in [5, 5.41) is 26.0. The topological polar surface area (TPSA) is 108 Å². The van der Waals surface area contributed by atoms with Crippen molar-refractivity contribution in [3.8, 4) is 5.75 Å². The molecular formula is C7H6O6. The van der Waals surface area contributed by atoms with Gasteiger partial charge in [0, 0.05) is 5.56 Å². The molecule has 0 bridgehead atoms. The molecule has 0 saturated heterocycles. The number of furan rings is 1. The van der Waals surface area contributed by atoms with Crippen LogP contribution in [0.1, 0.15) is 26.7 Å². The lowest BCUT2D eigenvalue weighted by Crippen LogP contribution is -1.96. The van der Waals surface area contributed by atoms with Crippen molar-refractivity contribution < 1.29 is 29.3 Å². The minimum Gasteiger partial charge on any atom is -0.504 e. The first kappa shape index (κ1) is 9.11. The van der Waals surface area contributed by atoms with Crippen LogP contribution in [0.25, 0.3) is 0 Å². The molecule has 0 radical (unpaired) electrons. The van der Waals surface area contributed by atoms with E-state index in [4.69, 9.17) is 15.3 Å². The Bertz CT molecular complexity index is 340. The Labute approximate surface area is 72.0 Å². The number of carboxylic acid groups (broad SMARTS) is 2. The maximum absolute atomic E-state index is 10.4. The Morgan fingerprint density at radius 3 is 1.85 bits per heavy atom. The van der Waals surface area contributed by atoms with E-state index < -0.39 is 29.2 Å². The van der Waals surface area contributed by atoms with E-state index in [1.165, 1.54) is 6.92 Å². The predicted molar refractivity (Wildman–Crippen MR) is 39.0 cm³/mol. The van der Waals surface area contributed by atoms with Gasteiger partial charge in [-0.25, -0.2) is 9.59 Å². The standard InChI is InChI=1S/C7H6O6/c1-2-3(8)5(7(11)12)13-4(2)6(9)10/h8H,1H3,(H,9,10)(H,11,12). The molecule has 0 aliphatic carbocycles. The van der Waals surface area contributed by atoms with Crippen LogP contribution in [0.2, 0.25) is 0 Å². The van der Waals surface area contributed by atoms with Gasteiger partial charge in [-0.3, -0.25) is 0 Å². The number of hydrogen-bond donors (Lipinski definition) is 3. The van der Waals surface area contributed by atoms with E-state index in [9.17, 15) is 9.59 Å². The molecule has 1 aromatic heterocycles. The summed E-state index contributed by atoms with van der Waals surface area (Å²) in [6.45, 7) is 1.26. The van der Waals surface area contributed by atoms with Gasteiger partial charge in [0.1, 0.15) is 0 Å². The third-order valence-corrected chi connectivity index (χ3v) is 1.50. The average Bonchev–Trinajstić information content (AvgIpc) is 2.29. The normalized spacial score (nSPS) is 9.92. The lowest BCUT2D eigenvalue weighted by atomic mass is 10.2. The summed E-state index contributed by atoms with van der Waals surface area (Å²) in [4.78, 5) is 20.8. The number of rotatable bonds is 2. The lowest BCUT2D eigenvalue weighted by Gasteiger charge is -1.87. The fraction of sp³-hybridized carbons (Fsp3) is 0.143. The summed E-state index contributed by atoms with van der Waals surface area (Å²) in [5.41, 5.74) is -0.0927. The highest BCUT2D eigenvalue weighted by molar-refractivity contribution is 5.93. The highest BCUT2D eigenvalue weighted by Gasteiger charge is 2.25. The second-order valence-electron chi connectivity index (χ2n) is 2.34. The molecule has 0 aromatic carbocycles. The molecule has 1 aromatic rings. The molecule has 0 spiro atoms. The minimum absolute atomic E-state index is 0.0927. The van der Waals surface area contributed by atoms with Crippen molar-refractivity contribution in [2.75, 3.05) is 0 Å². The van der Waals surface area contributed by atoms with Crippen LogP contribution in [0.3, 0.4) is 0 Å². The molecule has 3 N–H and O–H groups in total. The molecule has 0 aliphatic heterocycles. The minimum atomic E-state index is -1.51. The van der Waals surface area contributed by atoms with Gasteiger partial charge < -0.3 is 19.7 Å². The Morgan fingerprint density at radius 1 is 1.15 bits per heavy atom. The van der Waals surface area contributed by atoms with Crippen LogP contribution in [0.5, 0.6) is 5.75 Å². The molecule has 1 rings (SSSR count). The van der Waals surface area contributed by atoms with E-state index in [0.717, 1.165) is 0 Å². The Morgan fingerprint density at radius 2 is 1.62 bits per heavy atom. The molecule has 0 aliphatic rings. The molecule has 0 amide bonds. The number of hydrogen-bond acceptors (Lipinski definition) is 4. The van der Waals surface area contributed by atoms with Crippen molar-refractivity contribution in [3.63, 3.8) is 0 Å². The average molecular weight is 186 g/mol. The van der Waals surface area contributed by atoms with E-state index in [1.807, 2.05) is 0 Å². The quantitative estimate of drug-likeness (QED) is 0.627. The van der Waals surface area contributed by atoms with Gasteiger partial charge in [0.05, 0.1) is 0 Å². The van der Waals surface area contributed by atoms with Crippen molar-refractivity contribution in [1.29, 1.82) is 0 Å². The van der Waals surface area contributed by atoms with Gasteiger partial charge in [-0.05, 0) is 6.92 Å². The lowest BCUT2D eigenvalue weighted by molar-refractivity contribution is 0.0629. The highest BCUT2D eigenvalue weighted by Crippen LogP contribution is 2.28. The highest BCUT2D eigenvalue weighted by atomic mass is 16.4. The van der Waals surface area contributed by atoms with Crippen LogP contribution >= 0.6 is 0 Å². The van der Waals surface area contributed by atoms with Gasteiger partial charge in [0.25, 0.3) is 5.76 Å². The number of carbonyl (C=O) groups is 2. The zero-order valence-corrected chi connectivity index (χ0v) is 6.57. The first-order valence-electron chi connectivity index (χ1n) is 3.24. The molecular weight excluding hydrogens is 180 g/mol. The predicted octanol–water partition coefficient (Wildman–Crippen LogP) is 0.690. The van der Waals surface area contributed by atoms with E-state index in [0.29, 0.717) is 0 Å². The second kappa shape index (κ2) is 2.81. The van der Waals surface area contributed by atoms with Gasteiger partial charge in [-0.1, -0.05) is 0 Å². The van der Waals surface area contributed by atoms with Crippen molar-refractivity contribution in [3.05, 3.63) is 17.1 Å². The molecule has 0 unspecified atom stereocenters. The zero-order valence-electron chi connectivity index (χ0n) is 6.57. The summed E-state index contributed by atoms with van der Waals surface area (Å²) >= 11 is 0. The van der Waals surface area contributed by atoms with E-state index in [-0.39, 0.29) is 5.56 Å². The molecule has 6 heteroatoms. The van der Waals surface area contributed by atoms with E-state index in [2.05, 4.69) is 4.42 Å². The molecule has 13 heavy (non-hydrogen) atoms. The van der Waals surface area contributed by atoms with Gasteiger partial charge in [0.2, 0.25) is 5.76 Å². The van der Waals surface area contributed by atoms with Crippen molar-refractivity contribution in [1.82, 2.24) is 0 Å². The first-order chi connectivity index (χ1) is 5.95. The molecule has 70 valence electrons. The van der Waals surface area contributed by atoms with Crippen LogP contribution < -0.4 is 0 Å². The van der Waals surface area contributed by atoms with Crippen LogP contribution in [-0.2, 0) is 0 Å². The van der Waals surface area contributed by atoms with Crippen LogP contribution in [0, 0.1) is 6.92 Å². The largest absolute Gasteiger partial charge is 0.504 e. The van der Waals surface area contributed by atoms with Crippen LogP contribution in [-0.4, -0.2) is 27.3 Å². The van der Waals surface area contributed by atoms with Gasteiger partial charge in [-0.15, -0.1) is 0 Å². The fourth-order valence-corrected chi connectivity index (χ4v) is 0.854. The van der Waals surface area contributed by atoms with Crippen molar-refractivity contribution in [2.24, 2.45) is 0 Å².